The van der Waals surface area contributed by atoms with Crippen molar-refractivity contribution in [2.24, 2.45) is 28.6 Å². The van der Waals surface area contributed by atoms with E-state index >= 15 is 0 Å². The van der Waals surface area contributed by atoms with Gasteiger partial charge in [-0.25, -0.2) is 0 Å². The molecule has 0 aromatic carbocycles. The first-order chi connectivity index (χ1) is 13.3. The number of carbonyl (C=O) groups is 2. The second-order valence-corrected chi connectivity index (χ2v) is 9.44. The Kier molecular flexibility index (Phi) is 5.80. The third-order valence-corrected chi connectivity index (χ3v) is 8.59. The summed E-state index contributed by atoms with van der Waals surface area (Å²) in [5.41, 5.74) is 0.661. The fraction of sp³-hybridized carbons (Fsp3) is 0.760. The molecule has 0 bridgehead atoms. The van der Waals surface area contributed by atoms with Gasteiger partial charge in [-0.1, -0.05) is 39.8 Å². The van der Waals surface area contributed by atoms with Crippen molar-refractivity contribution in [3.8, 4) is 0 Å². The summed E-state index contributed by atoms with van der Waals surface area (Å²) in [6, 6.07) is 0. The zero-order chi connectivity index (χ0) is 20.7. The van der Waals surface area contributed by atoms with Crippen LogP contribution in [0.15, 0.2) is 23.8 Å². The molecule has 4 aliphatic carbocycles. The second kappa shape index (κ2) is 7.55. The maximum absolute atomic E-state index is 12.7. The summed E-state index contributed by atoms with van der Waals surface area (Å²) in [4.78, 5) is 24.6. The van der Waals surface area contributed by atoms with Gasteiger partial charge < -0.3 is 4.74 Å². The number of hydrogen-bond acceptors (Lipinski definition) is 3. The van der Waals surface area contributed by atoms with E-state index in [9.17, 15) is 9.59 Å². The Morgan fingerprint density at radius 2 is 1.82 bits per heavy atom. The summed E-state index contributed by atoms with van der Waals surface area (Å²) in [6.45, 7) is 13.0. The van der Waals surface area contributed by atoms with Crippen LogP contribution in [0, 0.1) is 28.6 Å². The van der Waals surface area contributed by atoms with Crippen LogP contribution >= 0.6 is 0 Å². The Hall–Kier alpha value is -1.22. The van der Waals surface area contributed by atoms with Crippen molar-refractivity contribution in [3.05, 3.63) is 23.8 Å². The lowest BCUT2D eigenvalue weighted by Gasteiger charge is -2.57. The van der Waals surface area contributed by atoms with Crippen LogP contribution in [0.2, 0.25) is 0 Å². The SMILES string of the molecule is CC.CCO[C@]1(C(C)=O)CC[C@H]2[C@@H]3C=CC4=CC(=O)CC[C@@]4(C)[C@@H]3CC[C@@]21C. The smallest absolute Gasteiger partial charge is 0.162 e. The van der Waals surface area contributed by atoms with Crippen LogP contribution in [0.5, 0.6) is 0 Å². The Balaban J connectivity index is 0.00000109. The number of rotatable bonds is 3. The van der Waals surface area contributed by atoms with Gasteiger partial charge in [0.15, 0.2) is 11.6 Å². The molecule has 0 aromatic heterocycles. The molecule has 0 heterocycles. The van der Waals surface area contributed by atoms with Gasteiger partial charge in [-0.2, -0.15) is 0 Å². The van der Waals surface area contributed by atoms with E-state index in [-0.39, 0.29) is 22.4 Å². The first kappa shape index (κ1) is 21.5. The summed E-state index contributed by atoms with van der Waals surface area (Å²) in [5, 5.41) is 0. The number of hydrogen-bond donors (Lipinski definition) is 0. The van der Waals surface area contributed by atoms with Crippen molar-refractivity contribution in [2.75, 3.05) is 6.61 Å². The summed E-state index contributed by atoms with van der Waals surface area (Å²) in [5.74, 6) is 2.04. The van der Waals surface area contributed by atoms with Gasteiger partial charge in [0.2, 0.25) is 0 Å². The molecular formula is C25H38O3. The lowest BCUT2D eigenvalue weighted by molar-refractivity contribution is -0.170. The quantitative estimate of drug-likeness (QED) is 0.626. The van der Waals surface area contributed by atoms with E-state index in [1.165, 1.54) is 5.57 Å². The van der Waals surface area contributed by atoms with Crippen molar-refractivity contribution in [1.29, 1.82) is 0 Å². The monoisotopic (exact) mass is 386 g/mol. The van der Waals surface area contributed by atoms with E-state index in [2.05, 4.69) is 26.0 Å². The molecule has 0 aromatic rings. The molecule has 0 unspecified atom stereocenters. The average Bonchev–Trinajstić information content (AvgIpc) is 2.98. The molecule has 156 valence electrons. The van der Waals surface area contributed by atoms with Crippen LogP contribution in [-0.4, -0.2) is 23.8 Å². The normalized spacial score (nSPS) is 43.9. The minimum Gasteiger partial charge on any atom is -0.367 e. The summed E-state index contributed by atoms with van der Waals surface area (Å²) in [6.07, 6.45) is 12.2. The Morgan fingerprint density at radius 3 is 2.46 bits per heavy atom. The molecule has 3 nitrogen and oxygen atoms in total. The minimum atomic E-state index is -0.606. The minimum absolute atomic E-state index is 0.0809. The van der Waals surface area contributed by atoms with Gasteiger partial charge in [-0.15, -0.1) is 0 Å². The number of fused-ring (bicyclic) bond motifs is 5. The third-order valence-electron chi connectivity index (χ3n) is 8.59. The molecule has 0 N–H and O–H groups in total. The molecule has 0 aliphatic heterocycles. The molecule has 4 aliphatic rings. The van der Waals surface area contributed by atoms with Crippen molar-refractivity contribution in [3.63, 3.8) is 0 Å². The molecule has 6 atom stereocenters. The Bertz CT molecular complexity index is 705. The predicted octanol–water partition coefficient (Wildman–Crippen LogP) is 5.68. The lowest BCUT2D eigenvalue weighted by Crippen LogP contribution is -2.57. The molecular weight excluding hydrogens is 348 g/mol. The van der Waals surface area contributed by atoms with Crippen molar-refractivity contribution < 1.29 is 14.3 Å². The molecule has 3 heteroatoms. The first-order valence-corrected chi connectivity index (χ1v) is 11.4. The van der Waals surface area contributed by atoms with Crippen molar-refractivity contribution in [2.45, 2.75) is 85.7 Å². The molecule has 28 heavy (non-hydrogen) atoms. The standard InChI is InChI=1S/C23H32O3.C2H6/c1-5-26-23(15(2)24)13-10-20-18-7-6-16-14-17(25)8-11-21(16,3)19(18)9-12-22(20,23)4;1-2/h6-7,14,18-20H,5,8-13H2,1-4H3;1-2H3/t18-,19-,20+,21-,22+,23+;/m1./s1. The van der Waals surface area contributed by atoms with Crippen molar-refractivity contribution >= 4 is 11.6 Å². The Labute approximate surface area is 171 Å². The van der Waals surface area contributed by atoms with Crippen LogP contribution in [0.4, 0.5) is 0 Å². The highest BCUT2D eigenvalue weighted by molar-refractivity contribution is 5.92. The number of allylic oxidation sites excluding steroid dienone is 4. The Morgan fingerprint density at radius 1 is 1.14 bits per heavy atom. The van der Waals surface area contributed by atoms with Gasteiger partial charge in [0, 0.05) is 18.4 Å². The van der Waals surface area contributed by atoms with Gasteiger partial charge >= 0.3 is 0 Å². The largest absolute Gasteiger partial charge is 0.367 e. The van der Waals surface area contributed by atoms with Crippen LogP contribution in [-0.2, 0) is 14.3 Å². The molecule has 2 fully saturated rings. The van der Waals surface area contributed by atoms with E-state index in [4.69, 9.17) is 4.74 Å². The number of Topliss-reactive ketones (excluding diaryl/α,β-unsaturated/α-hetero) is 1. The molecule has 0 amide bonds. The summed E-state index contributed by atoms with van der Waals surface area (Å²) >= 11 is 0. The molecule has 0 radical (unpaired) electrons. The molecule has 2 saturated carbocycles. The third kappa shape index (κ3) is 2.80. The fourth-order valence-electron chi connectivity index (χ4n) is 7.16. The van der Waals surface area contributed by atoms with E-state index in [0.29, 0.717) is 30.8 Å². The second-order valence-electron chi connectivity index (χ2n) is 9.44. The number of ketones is 2. The lowest BCUT2D eigenvalue weighted by atomic mass is 9.48. The maximum atomic E-state index is 12.7. The van der Waals surface area contributed by atoms with E-state index in [1.54, 1.807) is 6.92 Å². The predicted molar refractivity (Wildman–Crippen MR) is 113 cm³/mol. The number of carbonyl (C=O) groups excluding carboxylic acids is 2. The maximum Gasteiger partial charge on any atom is 0.162 e. The van der Waals surface area contributed by atoms with Crippen molar-refractivity contribution in [1.82, 2.24) is 0 Å². The molecule has 0 saturated heterocycles. The summed E-state index contributed by atoms with van der Waals surface area (Å²) < 4.78 is 6.22. The van der Waals surface area contributed by atoms with Gasteiger partial charge in [-0.05, 0) is 80.8 Å². The number of ether oxygens (including phenoxy) is 1. The zero-order valence-electron chi connectivity index (χ0n) is 18.6. The highest BCUT2D eigenvalue weighted by Crippen LogP contribution is 2.67. The van der Waals surface area contributed by atoms with Crippen LogP contribution in [0.25, 0.3) is 0 Å². The van der Waals surface area contributed by atoms with E-state index in [1.807, 2.05) is 26.8 Å². The zero-order valence-corrected chi connectivity index (χ0v) is 18.6. The summed E-state index contributed by atoms with van der Waals surface area (Å²) in [7, 11) is 0. The van der Waals surface area contributed by atoms with Crippen LogP contribution in [0.3, 0.4) is 0 Å². The van der Waals surface area contributed by atoms with E-state index < -0.39 is 5.60 Å². The van der Waals surface area contributed by atoms with Gasteiger partial charge in [-0.3, -0.25) is 9.59 Å². The van der Waals surface area contributed by atoms with Gasteiger partial charge in [0.05, 0.1) is 0 Å². The highest BCUT2D eigenvalue weighted by atomic mass is 16.5. The fourth-order valence-corrected chi connectivity index (χ4v) is 7.16. The average molecular weight is 387 g/mol. The highest BCUT2D eigenvalue weighted by Gasteiger charge is 2.66. The van der Waals surface area contributed by atoms with E-state index in [0.717, 1.165) is 32.1 Å². The van der Waals surface area contributed by atoms with Crippen LogP contribution < -0.4 is 0 Å². The van der Waals surface area contributed by atoms with Gasteiger partial charge in [0.25, 0.3) is 0 Å². The van der Waals surface area contributed by atoms with Gasteiger partial charge in [0.1, 0.15) is 5.60 Å². The molecule has 4 rings (SSSR count). The first-order valence-electron chi connectivity index (χ1n) is 11.4. The topological polar surface area (TPSA) is 43.4 Å². The van der Waals surface area contributed by atoms with Crippen LogP contribution in [0.1, 0.15) is 80.1 Å². The molecule has 0 spiro atoms.